The smallest absolute Gasteiger partial charge is 0.261 e. The van der Waals surface area contributed by atoms with E-state index in [4.69, 9.17) is 23.1 Å². The Morgan fingerprint density at radius 1 is 1.15 bits per heavy atom. The highest BCUT2D eigenvalue weighted by Crippen LogP contribution is 2.31. The van der Waals surface area contributed by atoms with Crippen molar-refractivity contribution >= 4 is 49.9 Å². The zero-order chi connectivity index (χ0) is 18.9. The van der Waals surface area contributed by atoms with Gasteiger partial charge in [-0.1, -0.05) is 29.8 Å². The molecule has 7 nitrogen and oxygen atoms in total. The predicted octanol–water partition coefficient (Wildman–Crippen LogP) is 2.90. The van der Waals surface area contributed by atoms with Crippen LogP contribution in [0.4, 0.5) is 11.5 Å². The number of benzene rings is 2. The van der Waals surface area contributed by atoms with Crippen LogP contribution in [0.25, 0.3) is 10.8 Å². The van der Waals surface area contributed by atoms with E-state index in [0.29, 0.717) is 21.5 Å². The van der Waals surface area contributed by atoms with Crippen molar-refractivity contribution in [2.75, 3.05) is 4.72 Å². The Balaban J connectivity index is 2.11. The SMILES string of the molecule is Cc1cccc(NS(=O)(=O)c2ccc3c(Cl)cnc(N=C(N)N)c3c2)c1. The van der Waals surface area contributed by atoms with Crippen molar-refractivity contribution < 1.29 is 8.42 Å². The van der Waals surface area contributed by atoms with Crippen LogP contribution >= 0.6 is 11.6 Å². The highest BCUT2D eigenvalue weighted by atomic mass is 35.5. The van der Waals surface area contributed by atoms with Gasteiger partial charge in [0.1, 0.15) is 0 Å². The molecule has 26 heavy (non-hydrogen) atoms. The van der Waals surface area contributed by atoms with Gasteiger partial charge in [-0.25, -0.2) is 13.4 Å². The molecule has 0 aliphatic heterocycles. The summed E-state index contributed by atoms with van der Waals surface area (Å²) >= 11 is 6.14. The first-order chi connectivity index (χ1) is 12.3. The van der Waals surface area contributed by atoms with Gasteiger partial charge in [0, 0.05) is 22.7 Å². The average Bonchev–Trinajstić information content (AvgIpc) is 2.56. The number of rotatable bonds is 4. The molecule has 0 saturated carbocycles. The number of aliphatic imine (C=N–C) groups is 1. The van der Waals surface area contributed by atoms with Gasteiger partial charge in [-0.2, -0.15) is 4.99 Å². The number of nitrogens with zero attached hydrogens (tertiary/aromatic N) is 2. The molecule has 3 aromatic rings. The molecule has 5 N–H and O–H groups in total. The summed E-state index contributed by atoms with van der Waals surface area (Å²) < 4.78 is 28.0. The van der Waals surface area contributed by atoms with E-state index in [9.17, 15) is 8.42 Å². The summed E-state index contributed by atoms with van der Waals surface area (Å²) in [6.45, 7) is 1.88. The van der Waals surface area contributed by atoms with Crippen LogP contribution < -0.4 is 16.2 Å². The standard InChI is InChI=1S/C17H16ClN5O2S/c1-10-3-2-4-11(7-10)23-26(24,25)12-5-6-13-14(8-12)16(22-17(19)20)21-9-15(13)18/h2-9,23H,1H3,(H4,19,20,21,22). The molecule has 0 spiro atoms. The lowest BCUT2D eigenvalue weighted by atomic mass is 10.1. The Labute approximate surface area is 155 Å². The third kappa shape index (κ3) is 3.71. The van der Waals surface area contributed by atoms with Gasteiger partial charge in [0.2, 0.25) is 0 Å². The zero-order valence-electron chi connectivity index (χ0n) is 13.8. The maximum absolute atomic E-state index is 12.7. The van der Waals surface area contributed by atoms with Crippen LogP contribution in [0.2, 0.25) is 5.02 Å². The number of anilines is 1. The maximum Gasteiger partial charge on any atom is 0.261 e. The third-order valence-electron chi connectivity index (χ3n) is 3.61. The fraction of sp³-hybridized carbons (Fsp3) is 0.0588. The summed E-state index contributed by atoms with van der Waals surface area (Å²) in [5.41, 5.74) is 12.2. The van der Waals surface area contributed by atoms with E-state index in [0.717, 1.165) is 5.56 Å². The Morgan fingerprint density at radius 2 is 1.92 bits per heavy atom. The van der Waals surface area contributed by atoms with Gasteiger partial charge in [0.25, 0.3) is 10.0 Å². The minimum atomic E-state index is -3.81. The number of halogens is 1. The maximum atomic E-state index is 12.7. The van der Waals surface area contributed by atoms with Crippen LogP contribution in [0.5, 0.6) is 0 Å². The summed E-state index contributed by atoms with van der Waals surface area (Å²) in [7, 11) is -3.81. The van der Waals surface area contributed by atoms with E-state index in [-0.39, 0.29) is 16.7 Å². The third-order valence-corrected chi connectivity index (χ3v) is 5.29. The normalized spacial score (nSPS) is 11.3. The molecular formula is C17H16ClN5O2S. The van der Waals surface area contributed by atoms with Crippen molar-refractivity contribution in [1.82, 2.24) is 4.98 Å². The van der Waals surface area contributed by atoms with Crippen LogP contribution in [0.15, 0.2) is 58.5 Å². The van der Waals surface area contributed by atoms with Gasteiger partial charge in [0.05, 0.1) is 9.92 Å². The minimum Gasteiger partial charge on any atom is -0.370 e. The van der Waals surface area contributed by atoms with E-state index >= 15 is 0 Å². The second kappa shape index (κ2) is 6.81. The summed E-state index contributed by atoms with van der Waals surface area (Å²) in [6, 6.07) is 11.6. The van der Waals surface area contributed by atoms with E-state index < -0.39 is 10.0 Å². The van der Waals surface area contributed by atoms with Crippen LogP contribution in [0.1, 0.15) is 5.56 Å². The average molecular weight is 390 g/mol. The van der Waals surface area contributed by atoms with Crippen molar-refractivity contribution in [3.05, 3.63) is 59.2 Å². The fourth-order valence-electron chi connectivity index (χ4n) is 2.47. The second-order valence-corrected chi connectivity index (χ2v) is 7.74. The number of hydrogen-bond acceptors (Lipinski definition) is 4. The Bertz CT molecular complexity index is 1130. The van der Waals surface area contributed by atoms with Gasteiger partial charge in [0.15, 0.2) is 11.8 Å². The molecule has 0 aliphatic carbocycles. The molecule has 3 rings (SSSR count). The van der Waals surface area contributed by atoms with Crippen LogP contribution in [-0.4, -0.2) is 19.4 Å². The largest absolute Gasteiger partial charge is 0.370 e. The van der Waals surface area contributed by atoms with Crippen molar-refractivity contribution in [3.63, 3.8) is 0 Å². The summed E-state index contributed by atoms with van der Waals surface area (Å²) in [4.78, 5) is 8.05. The fourth-order valence-corrected chi connectivity index (χ4v) is 3.76. The Morgan fingerprint density at radius 3 is 2.62 bits per heavy atom. The number of hydrogen-bond donors (Lipinski definition) is 3. The molecule has 0 amide bonds. The molecule has 9 heteroatoms. The predicted molar refractivity (Wildman–Crippen MR) is 104 cm³/mol. The monoisotopic (exact) mass is 389 g/mol. The Hall–Kier alpha value is -2.84. The lowest BCUT2D eigenvalue weighted by molar-refractivity contribution is 0.601. The van der Waals surface area contributed by atoms with Crippen molar-refractivity contribution in [1.29, 1.82) is 0 Å². The number of aromatic nitrogens is 1. The van der Waals surface area contributed by atoms with E-state index in [2.05, 4.69) is 14.7 Å². The molecule has 0 aliphatic rings. The van der Waals surface area contributed by atoms with Crippen LogP contribution in [-0.2, 0) is 10.0 Å². The lowest BCUT2D eigenvalue weighted by Crippen LogP contribution is -2.22. The lowest BCUT2D eigenvalue weighted by Gasteiger charge is -2.10. The van der Waals surface area contributed by atoms with Gasteiger partial charge in [-0.3, -0.25) is 4.72 Å². The number of nitrogens with two attached hydrogens (primary N) is 2. The van der Waals surface area contributed by atoms with Crippen LogP contribution in [0.3, 0.4) is 0 Å². The van der Waals surface area contributed by atoms with Gasteiger partial charge >= 0.3 is 0 Å². The summed E-state index contributed by atoms with van der Waals surface area (Å²) in [6.07, 6.45) is 1.41. The van der Waals surface area contributed by atoms with Crippen molar-refractivity contribution in [2.45, 2.75) is 11.8 Å². The molecular weight excluding hydrogens is 374 g/mol. The Kier molecular flexibility index (Phi) is 4.71. The minimum absolute atomic E-state index is 0.0441. The molecule has 0 saturated heterocycles. The van der Waals surface area contributed by atoms with E-state index in [1.54, 1.807) is 24.3 Å². The first kappa shape index (κ1) is 18.0. The van der Waals surface area contributed by atoms with Crippen LogP contribution in [0, 0.1) is 6.92 Å². The molecule has 1 heterocycles. The highest BCUT2D eigenvalue weighted by molar-refractivity contribution is 7.92. The van der Waals surface area contributed by atoms with Gasteiger partial charge < -0.3 is 11.5 Å². The molecule has 134 valence electrons. The van der Waals surface area contributed by atoms with Crippen molar-refractivity contribution in [3.8, 4) is 0 Å². The van der Waals surface area contributed by atoms with Gasteiger partial charge in [-0.15, -0.1) is 0 Å². The molecule has 2 aromatic carbocycles. The quantitative estimate of drug-likeness (QED) is 0.467. The molecule has 0 bridgehead atoms. The van der Waals surface area contributed by atoms with Crippen molar-refractivity contribution in [2.24, 2.45) is 16.5 Å². The summed E-state index contributed by atoms with van der Waals surface area (Å²) in [5, 5.41) is 1.39. The molecule has 0 unspecified atom stereocenters. The zero-order valence-corrected chi connectivity index (χ0v) is 15.3. The number of guanidine groups is 1. The molecule has 1 aromatic heterocycles. The second-order valence-electron chi connectivity index (χ2n) is 5.65. The van der Waals surface area contributed by atoms with Gasteiger partial charge in [-0.05, 0) is 36.8 Å². The number of fused-ring (bicyclic) bond motifs is 1. The highest BCUT2D eigenvalue weighted by Gasteiger charge is 2.17. The molecule has 0 fully saturated rings. The molecule has 0 radical (unpaired) electrons. The number of nitrogens with one attached hydrogen (secondary N) is 1. The first-order valence-electron chi connectivity index (χ1n) is 7.54. The van der Waals surface area contributed by atoms with E-state index in [1.165, 1.54) is 18.3 Å². The number of sulfonamides is 1. The topological polar surface area (TPSA) is 123 Å². The summed E-state index contributed by atoms with van der Waals surface area (Å²) in [5.74, 6) is 0.00396. The first-order valence-corrected chi connectivity index (χ1v) is 9.40. The van der Waals surface area contributed by atoms with E-state index in [1.807, 2.05) is 13.0 Å². The number of aryl methyl sites for hydroxylation is 1. The number of pyridine rings is 1. The molecule has 0 atom stereocenters.